The van der Waals surface area contributed by atoms with Crippen molar-refractivity contribution < 1.29 is 13.9 Å². The minimum atomic E-state index is -1.05. The molecule has 2 aromatic carbocycles. The number of nitrogen functional groups attached to an aromatic ring is 2. The second kappa shape index (κ2) is 4.77. The summed E-state index contributed by atoms with van der Waals surface area (Å²) in [5.74, 6) is -1.35. The van der Waals surface area contributed by atoms with E-state index in [0.717, 1.165) is 11.1 Å². The molecule has 0 unspecified atom stereocenters. The zero-order valence-corrected chi connectivity index (χ0v) is 10.8. The van der Waals surface area contributed by atoms with E-state index in [1.807, 2.05) is 0 Å². The molecule has 0 aromatic heterocycles. The molecule has 104 valence electrons. The largest absolute Gasteiger partial charge is 0.397 e. The van der Waals surface area contributed by atoms with Gasteiger partial charge < -0.3 is 20.9 Å². The Morgan fingerprint density at radius 3 is 2.05 bits per heavy atom. The van der Waals surface area contributed by atoms with Gasteiger partial charge in [0, 0.05) is 11.1 Å². The molecule has 5 heteroatoms. The number of halogens is 1. The van der Waals surface area contributed by atoms with Gasteiger partial charge in [-0.2, -0.15) is 0 Å². The van der Waals surface area contributed by atoms with E-state index < -0.39 is 5.79 Å². The average Bonchev–Trinajstić information content (AvgIpc) is 2.93. The van der Waals surface area contributed by atoms with Crippen molar-refractivity contribution in [3.05, 3.63) is 59.4 Å². The highest BCUT2D eigenvalue weighted by molar-refractivity contribution is 5.64. The Morgan fingerprint density at radius 2 is 1.45 bits per heavy atom. The highest BCUT2D eigenvalue weighted by atomic mass is 19.1. The molecule has 1 fully saturated rings. The quantitative estimate of drug-likeness (QED) is 0.824. The molecule has 0 saturated carbocycles. The fourth-order valence-electron chi connectivity index (χ4n) is 2.36. The molecule has 1 aliphatic rings. The Morgan fingerprint density at radius 1 is 0.850 bits per heavy atom. The second-order valence-electron chi connectivity index (χ2n) is 4.66. The molecule has 0 spiro atoms. The predicted molar refractivity (Wildman–Crippen MR) is 74.4 cm³/mol. The Hall–Kier alpha value is -2.11. The van der Waals surface area contributed by atoms with Crippen molar-refractivity contribution in [1.82, 2.24) is 0 Å². The van der Waals surface area contributed by atoms with Crippen molar-refractivity contribution in [2.45, 2.75) is 5.79 Å². The van der Waals surface area contributed by atoms with Gasteiger partial charge in [-0.15, -0.1) is 0 Å². The molecular weight excluding hydrogens is 259 g/mol. The van der Waals surface area contributed by atoms with Crippen LogP contribution in [0.4, 0.5) is 15.8 Å². The molecule has 0 atom stereocenters. The highest BCUT2D eigenvalue weighted by Crippen LogP contribution is 2.39. The van der Waals surface area contributed by atoms with Gasteiger partial charge in [0.05, 0.1) is 24.6 Å². The summed E-state index contributed by atoms with van der Waals surface area (Å²) in [4.78, 5) is 0. The minimum Gasteiger partial charge on any atom is -0.397 e. The fraction of sp³-hybridized carbons (Fsp3) is 0.200. The van der Waals surface area contributed by atoms with Crippen LogP contribution in [0.25, 0.3) is 0 Å². The summed E-state index contributed by atoms with van der Waals surface area (Å²) >= 11 is 0. The lowest BCUT2D eigenvalue weighted by Gasteiger charge is -2.28. The zero-order valence-electron chi connectivity index (χ0n) is 10.8. The predicted octanol–water partition coefficient (Wildman–Crippen LogP) is 2.24. The molecule has 0 radical (unpaired) electrons. The number of nitrogens with two attached hydrogens (primary N) is 2. The van der Waals surface area contributed by atoms with E-state index in [2.05, 4.69) is 0 Å². The van der Waals surface area contributed by atoms with Crippen LogP contribution >= 0.6 is 0 Å². The molecule has 4 N–H and O–H groups in total. The van der Waals surface area contributed by atoms with Gasteiger partial charge in [0.2, 0.25) is 5.79 Å². The van der Waals surface area contributed by atoms with Gasteiger partial charge in [0.15, 0.2) is 0 Å². The number of hydrogen-bond donors (Lipinski definition) is 2. The maximum Gasteiger partial charge on any atom is 0.222 e. The zero-order chi connectivity index (χ0) is 14.2. The van der Waals surface area contributed by atoms with E-state index in [1.54, 1.807) is 30.3 Å². The summed E-state index contributed by atoms with van der Waals surface area (Å²) < 4.78 is 24.7. The first kappa shape index (κ1) is 12.9. The van der Waals surface area contributed by atoms with Crippen molar-refractivity contribution in [3.63, 3.8) is 0 Å². The lowest BCUT2D eigenvalue weighted by Crippen LogP contribution is -2.28. The summed E-state index contributed by atoms with van der Waals surface area (Å²) in [7, 11) is 0. The lowest BCUT2D eigenvalue weighted by atomic mass is 9.96. The van der Waals surface area contributed by atoms with Crippen molar-refractivity contribution >= 4 is 11.4 Å². The van der Waals surface area contributed by atoms with Gasteiger partial charge in [-0.05, 0) is 24.3 Å². The van der Waals surface area contributed by atoms with E-state index in [9.17, 15) is 4.39 Å². The van der Waals surface area contributed by atoms with Gasteiger partial charge >= 0.3 is 0 Å². The molecule has 20 heavy (non-hydrogen) atoms. The summed E-state index contributed by atoms with van der Waals surface area (Å²) in [5, 5.41) is 0. The second-order valence-corrected chi connectivity index (χ2v) is 4.66. The average molecular weight is 274 g/mol. The van der Waals surface area contributed by atoms with E-state index >= 15 is 0 Å². The molecular formula is C15H15FN2O2. The third kappa shape index (κ3) is 2.01. The van der Waals surface area contributed by atoms with Crippen molar-refractivity contribution in [2.75, 3.05) is 24.7 Å². The van der Waals surface area contributed by atoms with E-state index in [-0.39, 0.29) is 5.82 Å². The van der Waals surface area contributed by atoms with Crippen molar-refractivity contribution in [3.8, 4) is 0 Å². The molecule has 0 aliphatic carbocycles. The smallest absolute Gasteiger partial charge is 0.222 e. The summed E-state index contributed by atoms with van der Waals surface area (Å²) in [6, 6.07) is 11.3. The van der Waals surface area contributed by atoms with E-state index in [1.165, 1.54) is 12.1 Å². The summed E-state index contributed by atoms with van der Waals surface area (Å²) in [6.45, 7) is 0.920. The highest BCUT2D eigenvalue weighted by Gasteiger charge is 2.40. The molecule has 2 aromatic rings. The van der Waals surface area contributed by atoms with Gasteiger partial charge in [-0.1, -0.05) is 18.2 Å². The van der Waals surface area contributed by atoms with Crippen LogP contribution in [0.3, 0.4) is 0 Å². The van der Waals surface area contributed by atoms with Crippen LogP contribution in [0, 0.1) is 5.82 Å². The molecule has 4 nitrogen and oxygen atoms in total. The first-order valence-corrected chi connectivity index (χ1v) is 6.31. The summed E-state index contributed by atoms with van der Waals surface area (Å²) in [5.41, 5.74) is 14.0. The normalized spacial score (nSPS) is 17.2. The van der Waals surface area contributed by atoms with Crippen LogP contribution in [-0.4, -0.2) is 13.2 Å². The van der Waals surface area contributed by atoms with Gasteiger partial charge in [0.1, 0.15) is 5.82 Å². The van der Waals surface area contributed by atoms with Gasteiger partial charge in [-0.25, -0.2) is 4.39 Å². The SMILES string of the molecule is Nc1ccc(C2(c3ccc(F)cc3)OCCO2)cc1N. The maximum absolute atomic E-state index is 13.1. The number of hydrogen-bond acceptors (Lipinski definition) is 4. The number of rotatable bonds is 2. The third-order valence-corrected chi connectivity index (χ3v) is 3.39. The molecule has 3 rings (SSSR count). The molecule has 1 aliphatic heterocycles. The monoisotopic (exact) mass is 274 g/mol. The standard InChI is InChI=1S/C15H15FN2O2/c16-12-4-1-10(2-5-12)15(19-7-8-20-15)11-3-6-13(17)14(18)9-11/h1-6,9H,7-8,17-18H2. The van der Waals surface area contributed by atoms with Crippen LogP contribution in [-0.2, 0) is 15.3 Å². The molecule has 0 amide bonds. The Balaban J connectivity index is 2.12. The van der Waals surface area contributed by atoms with Crippen LogP contribution in [0.15, 0.2) is 42.5 Å². The van der Waals surface area contributed by atoms with Crippen LogP contribution in [0.1, 0.15) is 11.1 Å². The third-order valence-electron chi connectivity index (χ3n) is 3.39. The Bertz CT molecular complexity index is 622. The molecule has 0 bridgehead atoms. The van der Waals surface area contributed by atoms with E-state index in [0.29, 0.717) is 24.6 Å². The topological polar surface area (TPSA) is 70.5 Å². The Kier molecular flexibility index (Phi) is 3.08. The van der Waals surface area contributed by atoms with Crippen molar-refractivity contribution in [2.24, 2.45) is 0 Å². The van der Waals surface area contributed by atoms with E-state index in [4.69, 9.17) is 20.9 Å². The maximum atomic E-state index is 13.1. The van der Waals surface area contributed by atoms with Gasteiger partial charge in [0.25, 0.3) is 0 Å². The Labute approximate surface area is 116 Å². The molecule has 1 saturated heterocycles. The minimum absolute atomic E-state index is 0.307. The van der Waals surface area contributed by atoms with Crippen molar-refractivity contribution in [1.29, 1.82) is 0 Å². The number of ether oxygens (including phenoxy) is 2. The number of anilines is 2. The first-order chi connectivity index (χ1) is 9.62. The van der Waals surface area contributed by atoms with Crippen LogP contribution in [0.5, 0.6) is 0 Å². The summed E-state index contributed by atoms with van der Waals surface area (Å²) in [6.07, 6.45) is 0. The molecule has 1 heterocycles. The fourth-order valence-corrected chi connectivity index (χ4v) is 2.36. The first-order valence-electron chi connectivity index (χ1n) is 6.31. The van der Waals surface area contributed by atoms with Gasteiger partial charge in [-0.3, -0.25) is 0 Å². The van der Waals surface area contributed by atoms with Crippen LogP contribution in [0.2, 0.25) is 0 Å². The van der Waals surface area contributed by atoms with Crippen LogP contribution < -0.4 is 11.5 Å². The lowest BCUT2D eigenvalue weighted by molar-refractivity contribution is -0.129. The number of benzene rings is 2.